The second-order valence-corrected chi connectivity index (χ2v) is 8.33. The molecule has 16 heteroatoms. The number of aliphatic hydroxyl groups excluding tert-OH is 11. The van der Waals surface area contributed by atoms with Crippen molar-refractivity contribution in [1.82, 2.24) is 0 Å². The number of aliphatic hydroxyl groups is 11. The minimum Gasteiger partial charge on any atom is -0.394 e. The van der Waals surface area contributed by atoms with Crippen molar-refractivity contribution in [3.63, 3.8) is 0 Å². The van der Waals surface area contributed by atoms with Gasteiger partial charge in [0.25, 0.3) is 0 Å². The molecule has 0 aromatic rings. The van der Waals surface area contributed by atoms with Crippen LogP contribution in [0.4, 0.5) is 0 Å². The molecule has 3 aliphatic heterocycles. The Hall–Kier alpha value is -0.640. The van der Waals surface area contributed by atoms with Gasteiger partial charge >= 0.3 is 0 Å². The molecule has 3 rings (SSSR count). The highest BCUT2D eigenvalue weighted by atomic mass is 16.8. The van der Waals surface area contributed by atoms with Gasteiger partial charge in [-0.05, 0) is 0 Å². The van der Waals surface area contributed by atoms with Gasteiger partial charge in [-0.15, -0.1) is 0 Å². The van der Waals surface area contributed by atoms with Gasteiger partial charge in [0.1, 0.15) is 73.2 Å². The van der Waals surface area contributed by atoms with Gasteiger partial charge in [-0.3, -0.25) is 0 Å². The fourth-order valence-electron chi connectivity index (χ4n) is 4.06. The summed E-state index contributed by atoms with van der Waals surface area (Å²) >= 11 is 0. The Kier molecular flexibility index (Phi) is 9.54. The molecule has 0 aromatic heterocycles. The van der Waals surface area contributed by atoms with Gasteiger partial charge in [0.05, 0.1) is 19.8 Å². The molecule has 0 saturated carbocycles. The molecule has 0 bridgehead atoms. The molecule has 0 aliphatic carbocycles. The fourth-order valence-corrected chi connectivity index (χ4v) is 4.06. The highest BCUT2D eigenvalue weighted by molar-refractivity contribution is 4.96. The van der Waals surface area contributed by atoms with Gasteiger partial charge in [0, 0.05) is 0 Å². The number of ether oxygens (including phenoxy) is 5. The smallest absolute Gasteiger partial charge is 0.187 e. The molecule has 3 heterocycles. The summed E-state index contributed by atoms with van der Waals surface area (Å²) in [6, 6.07) is 0. The van der Waals surface area contributed by atoms with Gasteiger partial charge in [0.2, 0.25) is 0 Å². The zero-order chi connectivity index (χ0) is 25.3. The Morgan fingerprint density at radius 1 is 0.441 bits per heavy atom. The highest BCUT2D eigenvalue weighted by Crippen LogP contribution is 2.32. The van der Waals surface area contributed by atoms with Gasteiger partial charge < -0.3 is 79.9 Å². The topological polar surface area (TPSA) is 269 Å². The zero-order valence-electron chi connectivity index (χ0n) is 17.7. The molecule has 15 atom stereocenters. The molecule has 9 unspecified atom stereocenters. The van der Waals surface area contributed by atoms with Gasteiger partial charge in [-0.25, -0.2) is 0 Å². The zero-order valence-corrected chi connectivity index (χ0v) is 17.7. The average Bonchev–Trinajstić information content (AvgIpc) is 2.83. The molecule has 3 aliphatic rings. The van der Waals surface area contributed by atoms with E-state index in [9.17, 15) is 56.2 Å². The lowest BCUT2D eigenvalue weighted by Crippen LogP contribution is -2.66. The maximum atomic E-state index is 10.6. The Morgan fingerprint density at radius 3 is 1.35 bits per heavy atom. The van der Waals surface area contributed by atoms with Crippen molar-refractivity contribution in [2.45, 2.75) is 92.1 Å². The van der Waals surface area contributed by atoms with Gasteiger partial charge in [0.15, 0.2) is 18.9 Å². The summed E-state index contributed by atoms with van der Waals surface area (Å²) < 4.78 is 26.4. The van der Waals surface area contributed by atoms with E-state index in [2.05, 4.69) is 0 Å². The third-order valence-electron chi connectivity index (χ3n) is 6.09. The van der Waals surface area contributed by atoms with E-state index in [-0.39, 0.29) is 0 Å². The second-order valence-electron chi connectivity index (χ2n) is 8.33. The normalized spacial score (nSPS) is 52.5. The van der Waals surface area contributed by atoms with Crippen molar-refractivity contribution in [3.05, 3.63) is 0 Å². The lowest BCUT2D eigenvalue weighted by molar-refractivity contribution is -0.377. The van der Waals surface area contributed by atoms with Crippen molar-refractivity contribution < 1.29 is 79.9 Å². The molecule has 200 valence electrons. The maximum Gasteiger partial charge on any atom is 0.187 e. The number of hydrogen-bond acceptors (Lipinski definition) is 16. The van der Waals surface area contributed by atoms with Crippen LogP contribution in [-0.2, 0) is 23.7 Å². The molecule has 11 N–H and O–H groups in total. The molecule has 0 amide bonds. The van der Waals surface area contributed by atoms with Gasteiger partial charge in [-0.1, -0.05) is 0 Å². The minimum absolute atomic E-state index is 0.741. The quantitative estimate of drug-likeness (QED) is 0.154. The first kappa shape index (κ1) is 27.9. The SMILES string of the molecule is OCC1OC(O[C@@H]2C(CO)OC(O[C@@H]3C(CO)OC(O)[C@@H](O)C3O)[C@@H](O)C2O)[C@@H](O)C(O)[C@@H]1O. The minimum atomic E-state index is -1.91. The molecule has 0 radical (unpaired) electrons. The van der Waals surface area contributed by atoms with Crippen molar-refractivity contribution >= 4 is 0 Å². The van der Waals surface area contributed by atoms with Crippen molar-refractivity contribution in [2.75, 3.05) is 19.8 Å². The fraction of sp³-hybridized carbons (Fsp3) is 1.00. The van der Waals surface area contributed by atoms with Gasteiger partial charge in [-0.2, -0.15) is 0 Å². The van der Waals surface area contributed by atoms with Crippen LogP contribution in [0, 0.1) is 0 Å². The maximum absolute atomic E-state index is 10.6. The van der Waals surface area contributed by atoms with Crippen LogP contribution in [0.3, 0.4) is 0 Å². The molecule has 34 heavy (non-hydrogen) atoms. The van der Waals surface area contributed by atoms with Crippen LogP contribution >= 0.6 is 0 Å². The standard InChI is InChI=1S/C18H32O16/c19-1-4-7(22)8(23)12(27)17(31-4)34-15-6(3-21)32-18(13(28)10(15)25)33-14-5(2-20)30-16(29)11(26)9(14)24/h4-29H,1-3H2/t4?,5?,6?,7-,8?,9?,10?,11+,12+,13+,14-,15-,16?,17?,18?/m1/s1. The van der Waals surface area contributed by atoms with Crippen LogP contribution in [0.25, 0.3) is 0 Å². The lowest BCUT2D eigenvalue weighted by Gasteiger charge is -2.47. The predicted octanol–water partition coefficient (Wildman–Crippen LogP) is -7.57. The van der Waals surface area contributed by atoms with E-state index in [1.165, 1.54) is 0 Å². The highest BCUT2D eigenvalue weighted by Gasteiger charge is 2.53. The van der Waals surface area contributed by atoms with E-state index >= 15 is 0 Å². The van der Waals surface area contributed by atoms with Crippen LogP contribution in [-0.4, -0.2) is 168 Å². The first-order valence-electron chi connectivity index (χ1n) is 10.6. The monoisotopic (exact) mass is 504 g/mol. The summed E-state index contributed by atoms with van der Waals surface area (Å²) in [4.78, 5) is 0. The molecule has 0 aromatic carbocycles. The molecule has 0 spiro atoms. The second kappa shape index (κ2) is 11.6. The summed E-state index contributed by atoms with van der Waals surface area (Å²) in [6.45, 7) is -2.32. The Balaban J connectivity index is 1.72. The van der Waals surface area contributed by atoms with Crippen LogP contribution in [0.5, 0.6) is 0 Å². The van der Waals surface area contributed by atoms with Crippen LogP contribution in [0.2, 0.25) is 0 Å². The summed E-state index contributed by atoms with van der Waals surface area (Å²) in [5.41, 5.74) is 0. The van der Waals surface area contributed by atoms with Crippen molar-refractivity contribution in [3.8, 4) is 0 Å². The molecular formula is C18H32O16. The van der Waals surface area contributed by atoms with Crippen LogP contribution < -0.4 is 0 Å². The van der Waals surface area contributed by atoms with E-state index in [1.54, 1.807) is 0 Å². The summed E-state index contributed by atoms with van der Waals surface area (Å²) in [5, 5.41) is 109. The molecule has 3 fully saturated rings. The van der Waals surface area contributed by atoms with Crippen LogP contribution in [0.15, 0.2) is 0 Å². The summed E-state index contributed by atoms with van der Waals surface area (Å²) in [6.07, 6.45) is -25.1. The third kappa shape index (κ3) is 5.37. The van der Waals surface area contributed by atoms with E-state index in [0.29, 0.717) is 0 Å². The number of hydrogen-bond donors (Lipinski definition) is 11. The molecule has 3 saturated heterocycles. The first-order valence-corrected chi connectivity index (χ1v) is 10.6. The molecule has 16 nitrogen and oxygen atoms in total. The van der Waals surface area contributed by atoms with E-state index in [4.69, 9.17) is 23.7 Å². The molecular weight excluding hydrogens is 472 g/mol. The largest absolute Gasteiger partial charge is 0.394 e. The van der Waals surface area contributed by atoms with Crippen molar-refractivity contribution in [2.24, 2.45) is 0 Å². The van der Waals surface area contributed by atoms with Crippen LogP contribution in [0.1, 0.15) is 0 Å². The lowest BCUT2D eigenvalue weighted by atomic mass is 9.96. The Morgan fingerprint density at radius 2 is 0.853 bits per heavy atom. The van der Waals surface area contributed by atoms with E-state index < -0.39 is 112 Å². The van der Waals surface area contributed by atoms with E-state index in [1.807, 2.05) is 0 Å². The number of rotatable bonds is 7. The van der Waals surface area contributed by atoms with E-state index in [0.717, 1.165) is 0 Å². The Labute approximate surface area is 192 Å². The summed E-state index contributed by atoms with van der Waals surface area (Å²) in [5.74, 6) is 0. The predicted molar refractivity (Wildman–Crippen MR) is 101 cm³/mol. The van der Waals surface area contributed by atoms with Crippen molar-refractivity contribution in [1.29, 1.82) is 0 Å². The average molecular weight is 504 g/mol. The Bertz CT molecular complexity index is 635. The summed E-state index contributed by atoms with van der Waals surface area (Å²) in [7, 11) is 0. The first-order chi connectivity index (χ1) is 16.0. The third-order valence-corrected chi connectivity index (χ3v) is 6.09.